The van der Waals surface area contributed by atoms with Gasteiger partial charge in [-0.2, -0.15) is 0 Å². The highest BCUT2D eigenvalue weighted by atomic mass is 16.1. The van der Waals surface area contributed by atoms with Gasteiger partial charge in [-0.25, -0.2) is 0 Å². The minimum atomic E-state index is 0.696. The number of nitrogens with zero attached hydrogens (tertiary/aromatic N) is 1. The SMILES string of the molecule is Cc1cc(C=Cc2ccc(C=O)cc2)ccn1. The second-order valence-corrected chi connectivity index (χ2v) is 3.85. The van der Waals surface area contributed by atoms with E-state index in [1.807, 2.05) is 55.5 Å². The molecule has 0 aliphatic heterocycles. The van der Waals surface area contributed by atoms with Crippen LogP contribution in [-0.4, -0.2) is 11.3 Å². The molecule has 1 aromatic carbocycles. The number of rotatable bonds is 3. The molecule has 84 valence electrons. The van der Waals surface area contributed by atoms with Crippen molar-refractivity contribution in [1.82, 2.24) is 4.98 Å². The molecule has 0 aliphatic rings. The molecule has 1 aromatic heterocycles. The Bertz CT molecular complexity index is 541. The lowest BCUT2D eigenvalue weighted by Crippen LogP contribution is -1.81. The fourth-order valence-electron chi connectivity index (χ4n) is 1.55. The van der Waals surface area contributed by atoms with Crippen LogP contribution in [0.3, 0.4) is 0 Å². The average Bonchev–Trinajstić information content (AvgIpc) is 2.37. The van der Waals surface area contributed by atoms with E-state index in [2.05, 4.69) is 4.98 Å². The molecule has 0 saturated carbocycles. The standard InChI is InChI=1S/C15H13NO/c1-12-10-14(8-9-16-12)5-2-13-3-6-15(11-17)7-4-13/h2-11H,1H3. The third-order valence-electron chi connectivity index (χ3n) is 2.46. The van der Waals surface area contributed by atoms with E-state index in [0.29, 0.717) is 5.56 Å². The number of hydrogen-bond donors (Lipinski definition) is 0. The van der Waals surface area contributed by atoms with Crippen molar-refractivity contribution in [3.05, 3.63) is 65.0 Å². The van der Waals surface area contributed by atoms with Crippen LogP contribution in [0.4, 0.5) is 0 Å². The topological polar surface area (TPSA) is 30.0 Å². The summed E-state index contributed by atoms with van der Waals surface area (Å²) in [7, 11) is 0. The molecule has 2 nitrogen and oxygen atoms in total. The Morgan fingerprint density at radius 3 is 2.24 bits per heavy atom. The van der Waals surface area contributed by atoms with Crippen molar-refractivity contribution in [3.63, 3.8) is 0 Å². The van der Waals surface area contributed by atoms with Gasteiger partial charge in [-0.15, -0.1) is 0 Å². The zero-order chi connectivity index (χ0) is 12.1. The van der Waals surface area contributed by atoms with Crippen LogP contribution in [0.25, 0.3) is 12.2 Å². The maximum absolute atomic E-state index is 10.5. The number of carbonyl (C=O) groups is 1. The molecule has 17 heavy (non-hydrogen) atoms. The van der Waals surface area contributed by atoms with Crippen molar-refractivity contribution in [2.45, 2.75) is 6.92 Å². The first-order valence-corrected chi connectivity index (χ1v) is 5.44. The summed E-state index contributed by atoms with van der Waals surface area (Å²) in [6, 6.07) is 11.5. The molecule has 0 N–H and O–H groups in total. The van der Waals surface area contributed by atoms with Crippen molar-refractivity contribution in [2.24, 2.45) is 0 Å². The van der Waals surface area contributed by atoms with Gasteiger partial charge in [0.05, 0.1) is 0 Å². The molecule has 0 aliphatic carbocycles. The maximum atomic E-state index is 10.5. The van der Waals surface area contributed by atoms with Gasteiger partial charge in [0, 0.05) is 17.5 Å². The van der Waals surface area contributed by atoms with Gasteiger partial charge < -0.3 is 0 Å². The summed E-state index contributed by atoms with van der Waals surface area (Å²) in [5.74, 6) is 0. The fraction of sp³-hybridized carbons (Fsp3) is 0.0667. The van der Waals surface area contributed by atoms with Crippen LogP contribution >= 0.6 is 0 Å². The van der Waals surface area contributed by atoms with E-state index in [1.54, 1.807) is 6.20 Å². The molecule has 0 radical (unpaired) electrons. The summed E-state index contributed by atoms with van der Waals surface area (Å²) >= 11 is 0. The van der Waals surface area contributed by atoms with Crippen molar-refractivity contribution in [3.8, 4) is 0 Å². The van der Waals surface area contributed by atoms with Crippen LogP contribution in [0.15, 0.2) is 42.6 Å². The summed E-state index contributed by atoms with van der Waals surface area (Å²) in [6.07, 6.45) is 6.69. The molecule has 0 atom stereocenters. The molecular formula is C15H13NO. The highest BCUT2D eigenvalue weighted by Gasteiger charge is 1.91. The highest BCUT2D eigenvalue weighted by Crippen LogP contribution is 2.09. The van der Waals surface area contributed by atoms with Crippen molar-refractivity contribution in [2.75, 3.05) is 0 Å². The number of hydrogen-bond acceptors (Lipinski definition) is 2. The summed E-state index contributed by atoms with van der Waals surface area (Å²) in [5, 5.41) is 0. The van der Waals surface area contributed by atoms with E-state index in [9.17, 15) is 4.79 Å². The summed E-state index contributed by atoms with van der Waals surface area (Å²) in [6.45, 7) is 1.97. The van der Waals surface area contributed by atoms with E-state index < -0.39 is 0 Å². The second kappa shape index (κ2) is 5.21. The van der Waals surface area contributed by atoms with Gasteiger partial charge in [-0.1, -0.05) is 36.4 Å². The van der Waals surface area contributed by atoms with Crippen LogP contribution in [0.1, 0.15) is 27.2 Å². The average molecular weight is 223 g/mol. The van der Waals surface area contributed by atoms with Gasteiger partial charge in [0.15, 0.2) is 0 Å². The quantitative estimate of drug-likeness (QED) is 0.747. The first-order valence-electron chi connectivity index (χ1n) is 5.44. The van der Waals surface area contributed by atoms with Crippen molar-refractivity contribution >= 4 is 18.4 Å². The van der Waals surface area contributed by atoms with Gasteiger partial charge in [0.1, 0.15) is 6.29 Å². The lowest BCUT2D eigenvalue weighted by molar-refractivity contribution is 0.112. The Balaban J connectivity index is 2.17. The van der Waals surface area contributed by atoms with Gasteiger partial charge >= 0.3 is 0 Å². The Kier molecular flexibility index (Phi) is 3.46. The third kappa shape index (κ3) is 3.11. The molecule has 1 heterocycles. The summed E-state index contributed by atoms with van der Waals surface area (Å²) in [5.41, 5.74) is 3.90. The first kappa shape index (κ1) is 11.3. The highest BCUT2D eigenvalue weighted by molar-refractivity contribution is 5.76. The fourth-order valence-corrected chi connectivity index (χ4v) is 1.55. The monoisotopic (exact) mass is 223 g/mol. The molecular weight excluding hydrogens is 210 g/mol. The molecule has 0 amide bonds. The van der Waals surface area contributed by atoms with E-state index in [1.165, 1.54) is 0 Å². The van der Waals surface area contributed by atoms with Crippen molar-refractivity contribution in [1.29, 1.82) is 0 Å². The summed E-state index contributed by atoms with van der Waals surface area (Å²) in [4.78, 5) is 14.7. The molecule has 0 unspecified atom stereocenters. The van der Waals surface area contributed by atoms with Crippen molar-refractivity contribution < 1.29 is 4.79 Å². The van der Waals surface area contributed by atoms with E-state index in [-0.39, 0.29) is 0 Å². The second-order valence-electron chi connectivity index (χ2n) is 3.85. The maximum Gasteiger partial charge on any atom is 0.150 e. The van der Waals surface area contributed by atoms with E-state index >= 15 is 0 Å². The zero-order valence-electron chi connectivity index (χ0n) is 9.63. The number of aryl methyl sites for hydroxylation is 1. The normalized spacial score (nSPS) is 10.6. The number of aldehydes is 1. The lowest BCUT2D eigenvalue weighted by atomic mass is 10.1. The number of benzene rings is 1. The van der Waals surface area contributed by atoms with Crippen LogP contribution in [0, 0.1) is 6.92 Å². The predicted octanol–water partition coefficient (Wildman–Crippen LogP) is 3.37. The number of pyridine rings is 1. The molecule has 0 saturated heterocycles. The van der Waals surface area contributed by atoms with E-state index in [4.69, 9.17) is 0 Å². The Labute approximate surface area is 101 Å². The van der Waals surface area contributed by atoms with Crippen LogP contribution in [-0.2, 0) is 0 Å². The largest absolute Gasteiger partial charge is 0.298 e. The number of aromatic nitrogens is 1. The molecule has 0 spiro atoms. The Morgan fingerprint density at radius 1 is 0.941 bits per heavy atom. The first-order chi connectivity index (χ1) is 8.28. The van der Waals surface area contributed by atoms with Crippen LogP contribution in [0.5, 0.6) is 0 Å². The lowest BCUT2D eigenvalue weighted by Gasteiger charge is -1.96. The van der Waals surface area contributed by atoms with Gasteiger partial charge in [0.25, 0.3) is 0 Å². The zero-order valence-corrected chi connectivity index (χ0v) is 9.63. The van der Waals surface area contributed by atoms with Crippen LogP contribution < -0.4 is 0 Å². The molecule has 2 rings (SSSR count). The van der Waals surface area contributed by atoms with Gasteiger partial charge in [-0.3, -0.25) is 9.78 Å². The third-order valence-corrected chi connectivity index (χ3v) is 2.46. The minimum Gasteiger partial charge on any atom is -0.298 e. The Morgan fingerprint density at radius 2 is 1.59 bits per heavy atom. The molecule has 0 fully saturated rings. The smallest absolute Gasteiger partial charge is 0.150 e. The number of carbonyl (C=O) groups excluding carboxylic acids is 1. The summed E-state index contributed by atoms with van der Waals surface area (Å²) < 4.78 is 0. The molecule has 0 bridgehead atoms. The van der Waals surface area contributed by atoms with Gasteiger partial charge in [-0.05, 0) is 30.2 Å². The van der Waals surface area contributed by atoms with E-state index in [0.717, 1.165) is 23.1 Å². The molecule has 2 aromatic rings. The predicted molar refractivity (Wildman–Crippen MR) is 69.7 cm³/mol. The van der Waals surface area contributed by atoms with Gasteiger partial charge in [0.2, 0.25) is 0 Å². The minimum absolute atomic E-state index is 0.696. The van der Waals surface area contributed by atoms with Crippen LogP contribution in [0.2, 0.25) is 0 Å². The molecule has 2 heteroatoms. The Hall–Kier alpha value is -2.22.